The number of carbonyl (C=O) groups is 1. The molecule has 6 heteroatoms. The van der Waals surface area contributed by atoms with Crippen LogP contribution in [0.2, 0.25) is 5.02 Å². The van der Waals surface area contributed by atoms with Crippen LogP contribution in [-0.2, 0) is 5.75 Å². The number of hydrogen-bond acceptors (Lipinski definition) is 4. The maximum Gasteiger partial charge on any atom is 0.256 e. The van der Waals surface area contributed by atoms with Gasteiger partial charge in [0.25, 0.3) is 5.91 Å². The first kappa shape index (κ1) is 17.9. The summed E-state index contributed by atoms with van der Waals surface area (Å²) >= 11 is 9.48. The van der Waals surface area contributed by atoms with Crippen molar-refractivity contribution < 1.29 is 9.53 Å². The minimum absolute atomic E-state index is 0.185. The lowest BCUT2D eigenvalue weighted by molar-refractivity contribution is 0.102. The number of rotatable bonds is 6. The first-order chi connectivity index (χ1) is 12.2. The summed E-state index contributed by atoms with van der Waals surface area (Å²) in [5, 5.41) is 5.41. The van der Waals surface area contributed by atoms with Gasteiger partial charge in [0, 0.05) is 15.5 Å². The molecule has 0 aliphatic rings. The van der Waals surface area contributed by atoms with E-state index in [-0.39, 0.29) is 5.91 Å². The zero-order chi connectivity index (χ0) is 17.6. The predicted molar refractivity (Wildman–Crippen MR) is 106 cm³/mol. The monoisotopic (exact) mass is 389 g/mol. The first-order valence-electron chi connectivity index (χ1n) is 7.57. The van der Waals surface area contributed by atoms with Crippen LogP contribution in [0.5, 0.6) is 5.75 Å². The van der Waals surface area contributed by atoms with E-state index in [1.807, 2.05) is 30.3 Å². The van der Waals surface area contributed by atoms with Gasteiger partial charge in [-0.2, -0.15) is 0 Å². The summed E-state index contributed by atoms with van der Waals surface area (Å²) in [4.78, 5) is 15.0. The van der Waals surface area contributed by atoms with Gasteiger partial charge in [-0.3, -0.25) is 4.79 Å². The minimum Gasteiger partial charge on any atom is -0.493 e. The van der Waals surface area contributed by atoms with Crippen LogP contribution in [0, 0.1) is 0 Å². The summed E-state index contributed by atoms with van der Waals surface area (Å²) in [5.74, 6) is 1.11. The molecular formula is C19H16ClNO2S2. The van der Waals surface area contributed by atoms with Crippen LogP contribution in [-0.4, -0.2) is 13.0 Å². The third-order valence-corrected chi connectivity index (χ3v) is 5.98. The zero-order valence-electron chi connectivity index (χ0n) is 13.5. The Labute approximate surface area is 160 Å². The number of hydrogen-bond donors (Lipinski definition) is 1. The molecule has 0 saturated heterocycles. The molecular weight excluding hydrogens is 374 g/mol. The molecule has 0 atom stereocenters. The fraction of sp³-hybridized carbons (Fsp3) is 0.105. The van der Waals surface area contributed by atoms with Gasteiger partial charge in [-0.1, -0.05) is 35.9 Å². The van der Waals surface area contributed by atoms with E-state index in [0.29, 0.717) is 22.0 Å². The molecule has 0 radical (unpaired) electrons. The Morgan fingerprint density at radius 3 is 2.76 bits per heavy atom. The number of thiophene rings is 1. The summed E-state index contributed by atoms with van der Waals surface area (Å²) in [6, 6.07) is 17.0. The number of methoxy groups -OCH3 is 1. The van der Waals surface area contributed by atoms with E-state index in [1.54, 1.807) is 41.3 Å². The van der Waals surface area contributed by atoms with E-state index in [4.69, 9.17) is 16.3 Å². The molecule has 0 bridgehead atoms. The van der Waals surface area contributed by atoms with E-state index in [1.165, 1.54) is 12.0 Å². The molecule has 1 heterocycles. The van der Waals surface area contributed by atoms with Crippen molar-refractivity contribution in [3.8, 4) is 5.75 Å². The van der Waals surface area contributed by atoms with Gasteiger partial charge in [-0.25, -0.2) is 0 Å². The fourth-order valence-corrected chi connectivity index (χ4v) is 4.40. The number of halogens is 1. The Hall–Kier alpha value is -1.95. The molecule has 0 unspecified atom stereocenters. The lowest BCUT2D eigenvalue weighted by Crippen LogP contribution is -2.13. The third-order valence-electron chi connectivity index (χ3n) is 3.50. The average molecular weight is 390 g/mol. The summed E-state index contributed by atoms with van der Waals surface area (Å²) in [6.07, 6.45) is 0. The Bertz CT molecular complexity index is 866. The van der Waals surface area contributed by atoms with Gasteiger partial charge in [-0.15, -0.1) is 23.1 Å². The van der Waals surface area contributed by atoms with E-state index in [0.717, 1.165) is 10.6 Å². The van der Waals surface area contributed by atoms with Gasteiger partial charge in [-0.05, 0) is 35.7 Å². The van der Waals surface area contributed by atoms with Gasteiger partial charge in [0.1, 0.15) is 0 Å². The van der Waals surface area contributed by atoms with E-state index < -0.39 is 0 Å². The van der Waals surface area contributed by atoms with Gasteiger partial charge >= 0.3 is 0 Å². The number of amides is 1. The van der Waals surface area contributed by atoms with Gasteiger partial charge in [0.2, 0.25) is 0 Å². The molecule has 1 amide bonds. The average Bonchev–Trinajstić information content (AvgIpc) is 3.14. The summed E-state index contributed by atoms with van der Waals surface area (Å²) in [6.45, 7) is 0. The van der Waals surface area contributed by atoms with Crippen molar-refractivity contribution in [1.82, 2.24) is 0 Å². The topological polar surface area (TPSA) is 38.3 Å². The number of anilines is 1. The summed E-state index contributed by atoms with van der Waals surface area (Å²) < 4.78 is 5.29. The smallest absolute Gasteiger partial charge is 0.256 e. The van der Waals surface area contributed by atoms with Crippen molar-refractivity contribution in [3.05, 3.63) is 75.4 Å². The summed E-state index contributed by atoms with van der Waals surface area (Å²) in [7, 11) is 1.53. The molecule has 0 spiro atoms. The van der Waals surface area contributed by atoms with E-state index in [9.17, 15) is 4.79 Å². The van der Waals surface area contributed by atoms with Gasteiger partial charge < -0.3 is 10.1 Å². The highest BCUT2D eigenvalue weighted by Gasteiger charge is 2.15. The van der Waals surface area contributed by atoms with Crippen LogP contribution < -0.4 is 10.1 Å². The van der Waals surface area contributed by atoms with Crippen LogP contribution in [0.3, 0.4) is 0 Å². The molecule has 3 aromatic rings. The zero-order valence-corrected chi connectivity index (χ0v) is 15.9. The van der Waals surface area contributed by atoms with Crippen molar-refractivity contribution in [3.63, 3.8) is 0 Å². The molecule has 1 aromatic heterocycles. The minimum atomic E-state index is -0.185. The lowest BCUT2D eigenvalue weighted by atomic mass is 10.2. The molecule has 0 saturated carbocycles. The second-order valence-corrected chi connectivity index (χ2v) is 7.60. The summed E-state index contributed by atoms with van der Waals surface area (Å²) in [5.41, 5.74) is 1.18. The molecule has 3 nitrogen and oxygen atoms in total. The van der Waals surface area contributed by atoms with Crippen LogP contribution in [0.15, 0.2) is 64.9 Å². The van der Waals surface area contributed by atoms with Gasteiger partial charge in [0.15, 0.2) is 5.75 Å². The van der Waals surface area contributed by atoms with E-state index >= 15 is 0 Å². The van der Waals surface area contributed by atoms with Crippen LogP contribution in [0.4, 0.5) is 5.69 Å². The Balaban J connectivity index is 1.79. The van der Waals surface area contributed by atoms with Crippen molar-refractivity contribution in [2.45, 2.75) is 10.6 Å². The first-order valence-corrected chi connectivity index (χ1v) is 9.81. The highest BCUT2D eigenvalue weighted by Crippen LogP contribution is 2.34. The van der Waals surface area contributed by atoms with Crippen molar-refractivity contribution in [2.75, 3.05) is 12.4 Å². The molecule has 0 aliphatic carbocycles. The predicted octanol–water partition coefficient (Wildman–Crippen LogP) is 5.95. The number of para-hydroxylation sites is 1. The lowest BCUT2D eigenvalue weighted by Gasteiger charge is -2.13. The molecule has 0 aliphatic heterocycles. The van der Waals surface area contributed by atoms with Crippen LogP contribution >= 0.6 is 34.7 Å². The van der Waals surface area contributed by atoms with Gasteiger partial charge in [0.05, 0.1) is 23.4 Å². The highest BCUT2D eigenvalue weighted by atomic mass is 35.5. The SMILES string of the molecule is COc1c(Cl)cccc1NC(=O)c1ccccc1SCc1cccs1. The Morgan fingerprint density at radius 1 is 1.16 bits per heavy atom. The number of carbonyl (C=O) groups excluding carboxylic acids is 1. The molecule has 25 heavy (non-hydrogen) atoms. The van der Waals surface area contributed by atoms with Crippen LogP contribution in [0.1, 0.15) is 15.2 Å². The maximum absolute atomic E-state index is 12.8. The normalized spacial score (nSPS) is 10.5. The quantitative estimate of drug-likeness (QED) is 0.529. The van der Waals surface area contributed by atoms with Crippen molar-refractivity contribution in [2.24, 2.45) is 0 Å². The molecule has 3 rings (SSSR count). The number of thioether (sulfide) groups is 1. The van der Waals surface area contributed by atoms with E-state index in [2.05, 4.69) is 16.8 Å². The van der Waals surface area contributed by atoms with Crippen molar-refractivity contribution >= 4 is 46.3 Å². The molecule has 128 valence electrons. The Kier molecular flexibility index (Phi) is 6.02. The van der Waals surface area contributed by atoms with Crippen LogP contribution in [0.25, 0.3) is 0 Å². The fourth-order valence-electron chi connectivity index (χ4n) is 2.33. The largest absolute Gasteiger partial charge is 0.493 e. The molecule has 2 aromatic carbocycles. The Morgan fingerprint density at radius 2 is 2.00 bits per heavy atom. The third kappa shape index (κ3) is 4.37. The highest BCUT2D eigenvalue weighted by molar-refractivity contribution is 7.98. The number of nitrogens with one attached hydrogen (secondary N) is 1. The molecule has 1 N–H and O–H groups in total. The van der Waals surface area contributed by atoms with Crippen molar-refractivity contribution in [1.29, 1.82) is 0 Å². The standard InChI is InChI=1S/C19H16ClNO2S2/c1-23-18-15(20)8-4-9-16(18)21-19(22)14-7-2-3-10-17(14)25-12-13-6-5-11-24-13/h2-11H,12H2,1H3,(H,21,22). The number of ether oxygens (including phenoxy) is 1. The number of benzene rings is 2. The second kappa shape index (κ2) is 8.43. The maximum atomic E-state index is 12.8. The second-order valence-electron chi connectivity index (χ2n) is 5.14. The molecule has 0 fully saturated rings.